The van der Waals surface area contributed by atoms with Gasteiger partial charge in [-0.2, -0.15) is 0 Å². The molecule has 2 rings (SSSR count). The molecule has 0 saturated heterocycles. The molecule has 2 N–H and O–H groups in total. The minimum atomic E-state index is -3.78. The Kier molecular flexibility index (Phi) is 4.95. The lowest BCUT2D eigenvalue weighted by molar-refractivity contribution is 0.0963. The van der Waals surface area contributed by atoms with Gasteiger partial charge in [0.2, 0.25) is 0 Å². The number of carbonyl (C=O) groups is 1. The Balaban J connectivity index is 2.30. The zero-order valence-corrected chi connectivity index (χ0v) is 13.8. The van der Waals surface area contributed by atoms with E-state index in [-0.39, 0.29) is 21.5 Å². The summed E-state index contributed by atoms with van der Waals surface area (Å²) >= 11 is 11.8. The zero-order valence-electron chi connectivity index (χ0n) is 11.4. The molecule has 0 fully saturated rings. The van der Waals surface area contributed by atoms with Crippen LogP contribution in [-0.2, 0) is 10.0 Å². The first-order chi connectivity index (χ1) is 10.3. The Morgan fingerprint density at radius 3 is 2.23 bits per heavy atom. The summed E-state index contributed by atoms with van der Waals surface area (Å²) in [6.07, 6.45) is 0. The van der Waals surface area contributed by atoms with Crippen LogP contribution in [0.2, 0.25) is 10.0 Å². The second kappa shape index (κ2) is 6.56. The molecule has 116 valence electrons. The van der Waals surface area contributed by atoms with Gasteiger partial charge in [0.05, 0.1) is 15.6 Å². The van der Waals surface area contributed by atoms with Crippen LogP contribution in [-0.4, -0.2) is 21.4 Å². The second-order valence-corrected chi connectivity index (χ2v) is 6.86. The van der Waals surface area contributed by atoms with Crippen molar-refractivity contribution in [2.45, 2.75) is 4.90 Å². The van der Waals surface area contributed by atoms with Crippen LogP contribution in [0.25, 0.3) is 0 Å². The van der Waals surface area contributed by atoms with E-state index in [2.05, 4.69) is 10.0 Å². The summed E-state index contributed by atoms with van der Waals surface area (Å²) in [4.78, 5) is 11.6. The van der Waals surface area contributed by atoms with E-state index in [1.54, 1.807) is 0 Å². The number of rotatable bonds is 4. The Hall–Kier alpha value is -1.76. The highest BCUT2D eigenvalue weighted by molar-refractivity contribution is 7.92. The van der Waals surface area contributed by atoms with Gasteiger partial charge in [0.15, 0.2) is 0 Å². The number of carbonyl (C=O) groups excluding carboxylic acids is 1. The molecule has 2 aromatic carbocycles. The van der Waals surface area contributed by atoms with Gasteiger partial charge >= 0.3 is 0 Å². The van der Waals surface area contributed by atoms with Crippen molar-refractivity contribution in [3.05, 3.63) is 58.1 Å². The summed E-state index contributed by atoms with van der Waals surface area (Å²) in [5.74, 6) is -0.311. The Bertz CT molecular complexity index is 805. The molecule has 5 nitrogen and oxygen atoms in total. The first-order valence-corrected chi connectivity index (χ1v) is 8.37. The van der Waals surface area contributed by atoms with Crippen molar-refractivity contribution in [2.75, 3.05) is 11.8 Å². The first-order valence-electron chi connectivity index (χ1n) is 6.13. The summed E-state index contributed by atoms with van der Waals surface area (Å²) in [5, 5.41) is 3.02. The normalized spacial score (nSPS) is 11.0. The molecule has 0 aliphatic rings. The Labute approximate surface area is 138 Å². The third kappa shape index (κ3) is 3.71. The molecule has 0 atom stereocenters. The highest BCUT2D eigenvalue weighted by Gasteiger charge is 2.16. The third-order valence-electron chi connectivity index (χ3n) is 2.83. The number of nitrogens with one attached hydrogen (secondary N) is 2. The van der Waals surface area contributed by atoms with Crippen molar-refractivity contribution >= 4 is 44.8 Å². The molecule has 2 aromatic rings. The van der Waals surface area contributed by atoms with Crippen molar-refractivity contribution in [1.29, 1.82) is 0 Å². The molecule has 0 aromatic heterocycles. The van der Waals surface area contributed by atoms with Gasteiger partial charge in [-0.3, -0.25) is 9.52 Å². The van der Waals surface area contributed by atoms with Gasteiger partial charge in [-0.1, -0.05) is 23.2 Å². The number of halogens is 2. The topological polar surface area (TPSA) is 75.3 Å². The van der Waals surface area contributed by atoms with Crippen LogP contribution in [0.3, 0.4) is 0 Å². The van der Waals surface area contributed by atoms with Gasteiger partial charge in [-0.25, -0.2) is 8.42 Å². The van der Waals surface area contributed by atoms with E-state index in [0.717, 1.165) is 0 Å². The average Bonchev–Trinajstić information content (AvgIpc) is 2.48. The van der Waals surface area contributed by atoms with Gasteiger partial charge in [-0.05, 0) is 42.5 Å². The van der Waals surface area contributed by atoms with E-state index in [4.69, 9.17) is 23.2 Å². The van der Waals surface area contributed by atoms with Crippen LogP contribution in [0.4, 0.5) is 5.69 Å². The van der Waals surface area contributed by atoms with Crippen molar-refractivity contribution in [1.82, 2.24) is 5.32 Å². The summed E-state index contributed by atoms with van der Waals surface area (Å²) in [6, 6.07) is 10.0. The molecule has 0 heterocycles. The predicted octanol–water partition coefficient (Wildman–Crippen LogP) is 3.15. The Morgan fingerprint density at radius 1 is 1.05 bits per heavy atom. The molecular formula is C14H12Cl2N2O3S. The maximum atomic E-state index is 12.2. The molecule has 0 saturated carbocycles. The van der Waals surface area contributed by atoms with E-state index in [1.165, 1.54) is 49.5 Å². The predicted molar refractivity (Wildman–Crippen MR) is 87.1 cm³/mol. The standard InChI is InChI=1S/C14H12Cl2N2O3S/c1-17-14(19)9-2-7-13(12(16)8-9)18-22(20,21)11-5-3-10(15)4-6-11/h2-8,18H,1H3,(H,17,19). The minimum absolute atomic E-state index is 0.0587. The average molecular weight is 359 g/mol. The number of benzene rings is 2. The number of amides is 1. The molecule has 0 aliphatic carbocycles. The van der Waals surface area contributed by atoms with Crippen LogP contribution < -0.4 is 10.0 Å². The molecule has 0 bridgehead atoms. The van der Waals surface area contributed by atoms with Crippen molar-refractivity contribution in [3.8, 4) is 0 Å². The number of anilines is 1. The number of hydrogen-bond acceptors (Lipinski definition) is 3. The number of sulfonamides is 1. The highest BCUT2D eigenvalue weighted by Crippen LogP contribution is 2.26. The third-order valence-corrected chi connectivity index (χ3v) is 4.77. The molecular weight excluding hydrogens is 347 g/mol. The fourth-order valence-corrected chi connectivity index (χ4v) is 3.19. The van der Waals surface area contributed by atoms with Crippen molar-refractivity contribution < 1.29 is 13.2 Å². The summed E-state index contributed by atoms with van der Waals surface area (Å²) in [7, 11) is -2.29. The zero-order chi connectivity index (χ0) is 16.3. The lowest BCUT2D eigenvalue weighted by atomic mass is 10.2. The smallest absolute Gasteiger partial charge is 0.261 e. The molecule has 0 aliphatic heterocycles. The molecule has 0 radical (unpaired) electrons. The van der Waals surface area contributed by atoms with Crippen molar-refractivity contribution in [2.24, 2.45) is 0 Å². The van der Waals surface area contributed by atoms with Gasteiger partial charge in [0.1, 0.15) is 0 Å². The molecule has 8 heteroatoms. The summed E-state index contributed by atoms with van der Waals surface area (Å²) in [6.45, 7) is 0. The largest absolute Gasteiger partial charge is 0.355 e. The van der Waals surface area contributed by atoms with Crippen LogP contribution in [0, 0.1) is 0 Å². The van der Waals surface area contributed by atoms with E-state index in [1.807, 2.05) is 0 Å². The van der Waals surface area contributed by atoms with Gasteiger partial charge in [0.25, 0.3) is 15.9 Å². The van der Waals surface area contributed by atoms with E-state index in [9.17, 15) is 13.2 Å². The second-order valence-electron chi connectivity index (χ2n) is 4.33. The lowest BCUT2D eigenvalue weighted by Gasteiger charge is -2.10. The van der Waals surface area contributed by atoms with E-state index >= 15 is 0 Å². The first kappa shape index (κ1) is 16.6. The Morgan fingerprint density at radius 2 is 1.68 bits per heavy atom. The van der Waals surface area contributed by atoms with Crippen molar-refractivity contribution in [3.63, 3.8) is 0 Å². The van der Waals surface area contributed by atoms with E-state index < -0.39 is 10.0 Å². The van der Waals surface area contributed by atoms with Crippen LogP contribution >= 0.6 is 23.2 Å². The monoisotopic (exact) mass is 358 g/mol. The van der Waals surface area contributed by atoms with Gasteiger partial charge in [0, 0.05) is 17.6 Å². The van der Waals surface area contributed by atoms with Crippen LogP contribution in [0.1, 0.15) is 10.4 Å². The minimum Gasteiger partial charge on any atom is -0.355 e. The molecule has 0 spiro atoms. The highest BCUT2D eigenvalue weighted by atomic mass is 35.5. The summed E-state index contributed by atoms with van der Waals surface area (Å²) in [5.41, 5.74) is 0.520. The molecule has 22 heavy (non-hydrogen) atoms. The molecule has 0 unspecified atom stereocenters. The fourth-order valence-electron chi connectivity index (χ4n) is 1.70. The van der Waals surface area contributed by atoms with Crippen LogP contribution in [0.15, 0.2) is 47.4 Å². The van der Waals surface area contributed by atoms with Gasteiger partial charge < -0.3 is 5.32 Å². The maximum Gasteiger partial charge on any atom is 0.261 e. The fraction of sp³-hybridized carbons (Fsp3) is 0.0714. The van der Waals surface area contributed by atoms with E-state index in [0.29, 0.717) is 10.6 Å². The SMILES string of the molecule is CNC(=O)c1ccc(NS(=O)(=O)c2ccc(Cl)cc2)c(Cl)c1. The summed E-state index contributed by atoms with van der Waals surface area (Å²) < 4.78 is 26.9. The van der Waals surface area contributed by atoms with Gasteiger partial charge in [-0.15, -0.1) is 0 Å². The molecule has 1 amide bonds. The van der Waals surface area contributed by atoms with Crippen LogP contribution in [0.5, 0.6) is 0 Å². The lowest BCUT2D eigenvalue weighted by Crippen LogP contribution is -2.18. The quantitative estimate of drug-likeness (QED) is 0.881. The number of hydrogen-bond donors (Lipinski definition) is 2. The maximum absolute atomic E-state index is 12.2.